The van der Waals surface area contributed by atoms with Crippen LogP contribution in [0.3, 0.4) is 0 Å². The summed E-state index contributed by atoms with van der Waals surface area (Å²) in [6.07, 6.45) is 6.93. The number of para-hydroxylation sites is 1. The van der Waals surface area contributed by atoms with Crippen molar-refractivity contribution in [3.05, 3.63) is 119 Å². The van der Waals surface area contributed by atoms with Gasteiger partial charge in [0.1, 0.15) is 18.4 Å². The zero-order chi connectivity index (χ0) is 18.6. The molecule has 4 aromatic rings. The highest BCUT2D eigenvalue weighted by Gasteiger charge is 2.13. The van der Waals surface area contributed by atoms with E-state index in [0.717, 1.165) is 17.7 Å². The van der Waals surface area contributed by atoms with Crippen LogP contribution >= 0.6 is 0 Å². The molecule has 0 amide bonds. The van der Waals surface area contributed by atoms with Gasteiger partial charge in [-0.15, -0.1) is 0 Å². The van der Waals surface area contributed by atoms with E-state index >= 15 is 0 Å². The van der Waals surface area contributed by atoms with E-state index in [-0.39, 0.29) is 5.56 Å². The molecule has 2 aromatic heterocycles. The van der Waals surface area contributed by atoms with Gasteiger partial charge in [0.15, 0.2) is 0 Å². The average Bonchev–Trinajstić information content (AvgIpc) is 3.02. The van der Waals surface area contributed by atoms with Crippen molar-refractivity contribution in [2.45, 2.75) is 13.0 Å². The van der Waals surface area contributed by atoms with Gasteiger partial charge in [0.25, 0.3) is 5.56 Å². The van der Waals surface area contributed by atoms with E-state index < -0.39 is 0 Å². The first-order valence-electron chi connectivity index (χ1n) is 9.04. The minimum Gasteiger partial charge on any atom is -0.284 e. The minimum absolute atomic E-state index is 0.0140. The Hall–Kier alpha value is -3.40. The molecule has 0 atom stereocenters. The molecule has 4 heteroatoms. The van der Waals surface area contributed by atoms with Crippen LogP contribution in [0.5, 0.6) is 0 Å². The zero-order valence-corrected chi connectivity index (χ0v) is 15.3. The molecule has 0 aliphatic heterocycles. The van der Waals surface area contributed by atoms with Crippen molar-refractivity contribution in [1.82, 2.24) is 9.13 Å². The second-order valence-electron chi connectivity index (χ2n) is 6.77. The Balaban J connectivity index is 1.60. The molecule has 2 aromatic carbocycles. The summed E-state index contributed by atoms with van der Waals surface area (Å²) >= 11 is 0. The summed E-state index contributed by atoms with van der Waals surface area (Å²) in [4.78, 5) is 12.6. The molecule has 0 N–H and O–H groups in total. The van der Waals surface area contributed by atoms with Crippen LogP contribution in [-0.4, -0.2) is 9.13 Å². The summed E-state index contributed by atoms with van der Waals surface area (Å²) in [5.74, 6) is 0. The molecule has 0 spiro atoms. The molecule has 0 radical (unpaired) electrons. The van der Waals surface area contributed by atoms with Crippen LogP contribution < -0.4 is 10.1 Å². The second-order valence-corrected chi connectivity index (χ2v) is 6.77. The minimum atomic E-state index is -0.0140. The highest BCUT2D eigenvalue weighted by atomic mass is 16.1. The lowest BCUT2D eigenvalue weighted by atomic mass is 10.1. The Bertz CT molecular complexity index is 1100. The lowest BCUT2D eigenvalue weighted by Crippen LogP contribution is -2.24. The number of rotatable bonds is 5. The molecule has 27 heavy (non-hydrogen) atoms. The first-order valence-corrected chi connectivity index (χ1v) is 9.04. The third kappa shape index (κ3) is 3.90. The summed E-state index contributed by atoms with van der Waals surface area (Å²) in [5, 5.41) is 0. The smallest absolute Gasteiger partial charge is 0.255 e. The first kappa shape index (κ1) is 17.0. The molecular weight excluding hydrogens is 334 g/mol. The standard InChI is InChI=1S/C23H22N3O/c1-24-17-22(14-19-8-4-2-5-9-19)25(18-24)16-20-12-13-26(23(27)15-20)21-10-6-3-7-11-21/h2-13,15,17-18H,14,16H2,1H3/q+1. The van der Waals surface area contributed by atoms with Gasteiger partial charge < -0.3 is 0 Å². The maximum atomic E-state index is 12.6. The van der Waals surface area contributed by atoms with E-state index in [0.29, 0.717) is 6.54 Å². The third-order valence-electron chi connectivity index (χ3n) is 4.64. The van der Waals surface area contributed by atoms with Crippen LogP contribution in [-0.2, 0) is 20.0 Å². The molecule has 0 saturated carbocycles. The Labute approximate surface area is 158 Å². The molecule has 4 nitrogen and oxygen atoms in total. The van der Waals surface area contributed by atoms with Gasteiger partial charge in [0.2, 0.25) is 6.33 Å². The maximum absolute atomic E-state index is 12.6. The van der Waals surface area contributed by atoms with Crippen LogP contribution in [0.4, 0.5) is 0 Å². The average molecular weight is 356 g/mol. The highest BCUT2D eigenvalue weighted by molar-refractivity contribution is 5.32. The number of pyridine rings is 1. The van der Waals surface area contributed by atoms with Gasteiger partial charge in [-0.1, -0.05) is 48.5 Å². The summed E-state index contributed by atoms with van der Waals surface area (Å²) in [6, 6.07) is 23.9. The van der Waals surface area contributed by atoms with E-state index in [4.69, 9.17) is 0 Å². The summed E-state index contributed by atoms with van der Waals surface area (Å²) in [7, 11) is 2.03. The largest absolute Gasteiger partial charge is 0.284 e. The maximum Gasteiger partial charge on any atom is 0.255 e. The predicted molar refractivity (Wildman–Crippen MR) is 106 cm³/mol. The molecular formula is C23H22N3O+. The van der Waals surface area contributed by atoms with Crippen molar-refractivity contribution < 1.29 is 4.57 Å². The number of aryl methyl sites for hydroxylation is 1. The number of hydrogen-bond donors (Lipinski definition) is 0. The van der Waals surface area contributed by atoms with Crippen LogP contribution in [0.25, 0.3) is 5.69 Å². The zero-order valence-electron chi connectivity index (χ0n) is 15.3. The molecule has 0 saturated heterocycles. The Morgan fingerprint density at radius 1 is 0.889 bits per heavy atom. The highest BCUT2D eigenvalue weighted by Crippen LogP contribution is 2.11. The van der Waals surface area contributed by atoms with Crippen molar-refractivity contribution in [3.8, 4) is 5.69 Å². The normalized spacial score (nSPS) is 10.9. The monoisotopic (exact) mass is 356 g/mol. The van der Waals surface area contributed by atoms with Gasteiger partial charge in [-0.2, -0.15) is 0 Å². The quantitative estimate of drug-likeness (QED) is 0.506. The van der Waals surface area contributed by atoms with Crippen LogP contribution in [0, 0.1) is 0 Å². The summed E-state index contributed by atoms with van der Waals surface area (Å²) in [6.45, 7) is 0.674. The van der Waals surface area contributed by atoms with Crippen molar-refractivity contribution in [1.29, 1.82) is 0 Å². The molecule has 134 valence electrons. The van der Waals surface area contributed by atoms with Crippen molar-refractivity contribution in [2.24, 2.45) is 7.05 Å². The number of benzene rings is 2. The molecule has 0 aliphatic carbocycles. The number of nitrogens with zero attached hydrogens (tertiary/aromatic N) is 3. The molecule has 4 rings (SSSR count). The van der Waals surface area contributed by atoms with E-state index in [1.807, 2.05) is 55.7 Å². The van der Waals surface area contributed by atoms with E-state index in [1.54, 1.807) is 10.6 Å². The Kier molecular flexibility index (Phi) is 4.71. The van der Waals surface area contributed by atoms with Crippen molar-refractivity contribution in [2.75, 3.05) is 0 Å². The van der Waals surface area contributed by atoms with E-state index in [1.165, 1.54) is 11.3 Å². The van der Waals surface area contributed by atoms with Gasteiger partial charge in [0, 0.05) is 29.9 Å². The first-order chi connectivity index (χ1) is 13.2. The number of imidazole rings is 1. The van der Waals surface area contributed by atoms with Crippen LogP contribution in [0.15, 0.2) is 96.3 Å². The Morgan fingerprint density at radius 2 is 1.59 bits per heavy atom. The number of aromatic nitrogens is 3. The van der Waals surface area contributed by atoms with Gasteiger partial charge in [-0.05, 0) is 23.8 Å². The van der Waals surface area contributed by atoms with Crippen LogP contribution in [0.1, 0.15) is 16.8 Å². The van der Waals surface area contributed by atoms with Gasteiger partial charge in [-0.25, -0.2) is 9.13 Å². The molecule has 2 heterocycles. The van der Waals surface area contributed by atoms with Crippen molar-refractivity contribution >= 4 is 0 Å². The molecule has 0 fully saturated rings. The fraction of sp³-hybridized carbons (Fsp3) is 0.130. The Morgan fingerprint density at radius 3 is 2.30 bits per heavy atom. The van der Waals surface area contributed by atoms with Crippen molar-refractivity contribution in [3.63, 3.8) is 0 Å². The predicted octanol–water partition coefficient (Wildman–Crippen LogP) is 3.10. The fourth-order valence-electron chi connectivity index (χ4n) is 3.35. The number of hydrogen-bond acceptors (Lipinski definition) is 1. The summed E-state index contributed by atoms with van der Waals surface area (Å²) in [5.41, 5.74) is 4.36. The van der Waals surface area contributed by atoms with Gasteiger partial charge in [-0.3, -0.25) is 9.36 Å². The second kappa shape index (κ2) is 7.46. The summed E-state index contributed by atoms with van der Waals surface area (Å²) < 4.78 is 5.93. The SMILES string of the molecule is C[n+]1cc(Cc2ccccc2)n(Cc2ccn(-c3ccccc3)c(=O)c2)c1. The van der Waals surface area contributed by atoms with Gasteiger partial charge in [0.05, 0.1) is 7.05 Å². The van der Waals surface area contributed by atoms with Gasteiger partial charge >= 0.3 is 0 Å². The molecule has 0 aliphatic rings. The van der Waals surface area contributed by atoms with E-state index in [2.05, 4.69) is 45.9 Å². The lowest BCUT2D eigenvalue weighted by molar-refractivity contribution is -0.671. The topological polar surface area (TPSA) is 30.8 Å². The third-order valence-corrected chi connectivity index (χ3v) is 4.64. The lowest BCUT2D eigenvalue weighted by Gasteiger charge is -2.07. The molecule has 0 unspecified atom stereocenters. The molecule has 0 bridgehead atoms. The van der Waals surface area contributed by atoms with Crippen LogP contribution in [0.2, 0.25) is 0 Å². The van der Waals surface area contributed by atoms with E-state index in [9.17, 15) is 4.79 Å². The fourth-order valence-corrected chi connectivity index (χ4v) is 3.35.